The van der Waals surface area contributed by atoms with E-state index in [9.17, 15) is 14.7 Å². The fourth-order valence-electron chi connectivity index (χ4n) is 4.00. The Kier molecular flexibility index (Phi) is 7.13. The Morgan fingerprint density at radius 2 is 1.90 bits per heavy atom. The van der Waals surface area contributed by atoms with E-state index in [1.807, 2.05) is 45.0 Å². The Morgan fingerprint density at radius 3 is 2.50 bits per heavy atom. The predicted molar refractivity (Wildman–Crippen MR) is 112 cm³/mol. The number of likely N-dealkylation sites (tertiary alicyclic amines) is 1. The van der Waals surface area contributed by atoms with E-state index >= 15 is 0 Å². The lowest BCUT2D eigenvalue weighted by Crippen LogP contribution is -2.41. The first kappa shape index (κ1) is 21.9. The van der Waals surface area contributed by atoms with Crippen molar-refractivity contribution in [2.45, 2.75) is 46.5 Å². The van der Waals surface area contributed by atoms with Crippen molar-refractivity contribution in [2.24, 2.45) is 11.8 Å². The third-order valence-electron chi connectivity index (χ3n) is 5.88. The third kappa shape index (κ3) is 5.20. The van der Waals surface area contributed by atoms with Crippen molar-refractivity contribution in [2.75, 3.05) is 19.7 Å². The van der Waals surface area contributed by atoms with Crippen LogP contribution < -0.4 is 0 Å². The van der Waals surface area contributed by atoms with Crippen LogP contribution in [-0.2, 0) is 16.0 Å². The topological polar surface area (TPSA) is 92.9 Å². The van der Waals surface area contributed by atoms with Crippen LogP contribution in [0, 0.1) is 25.7 Å². The molecule has 0 spiro atoms. The number of aromatic nitrogens is 1. The van der Waals surface area contributed by atoms with Crippen LogP contribution in [0.1, 0.15) is 43.2 Å². The molecule has 0 saturated carbocycles. The van der Waals surface area contributed by atoms with Gasteiger partial charge in [0.1, 0.15) is 5.76 Å². The lowest BCUT2D eigenvalue weighted by Gasteiger charge is -2.33. The highest BCUT2D eigenvalue weighted by atomic mass is 16.6. The van der Waals surface area contributed by atoms with Crippen LogP contribution in [0.5, 0.6) is 0 Å². The van der Waals surface area contributed by atoms with E-state index in [-0.39, 0.29) is 24.5 Å². The zero-order valence-corrected chi connectivity index (χ0v) is 17.9. The number of aryl methyl sites for hydroxylation is 2. The molecule has 1 atom stereocenters. The fourth-order valence-corrected chi connectivity index (χ4v) is 4.00. The molecule has 1 aromatic heterocycles. The van der Waals surface area contributed by atoms with Gasteiger partial charge in [-0.15, -0.1) is 0 Å². The number of carboxylic acids is 1. The van der Waals surface area contributed by atoms with E-state index in [1.54, 1.807) is 4.90 Å². The Balaban J connectivity index is 1.47. The van der Waals surface area contributed by atoms with Gasteiger partial charge in [0.2, 0.25) is 5.89 Å². The molecule has 1 saturated heterocycles. The van der Waals surface area contributed by atoms with Crippen LogP contribution in [0.15, 0.2) is 28.7 Å². The molecule has 30 heavy (non-hydrogen) atoms. The molecule has 0 aliphatic carbocycles. The number of amides is 1. The van der Waals surface area contributed by atoms with Crippen LogP contribution in [0.25, 0.3) is 11.5 Å². The molecule has 1 aliphatic rings. The quantitative estimate of drug-likeness (QED) is 0.719. The normalized spacial score (nSPS) is 15.8. The Bertz CT molecular complexity index is 866. The summed E-state index contributed by atoms with van der Waals surface area (Å²) in [7, 11) is 0. The second-order valence-electron chi connectivity index (χ2n) is 7.93. The lowest BCUT2D eigenvalue weighted by atomic mass is 9.83. The summed E-state index contributed by atoms with van der Waals surface area (Å²) in [5.74, 6) is 0.337. The number of hydrogen-bond donors (Lipinski definition) is 1. The molecule has 7 heteroatoms. The summed E-state index contributed by atoms with van der Waals surface area (Å²) in [6.07, 6.45) is 2.15. The monoisotopic (exact) mass is 414 g/mol. The summed E-state index contributed by atoms with van der Waals surface area (Å²) < 4.78 is 11.2. The second kappa shape index (κ2) is 9.78. The molecule has 2 heterocycles. The fraction of sp³-hybridized carbons (Fsp3) is 0.522. The molecule has 1 amide bonds. The highest BCUT2D eigenvalue weighted by Gasteiger charge is 2.31. The first-order valence-electron chi connectivity index (χ1n) is 10.6. The highest BCUT2D eigenvalue weighted by Crippen LogP contribution is 2.28. The third-order valence-corrected chi connectivity index (χ3v) is 5.88. The summed E-state index contributed by atoms with van der Waals surface area (Å²) in [5.41, 5.74) is 2.87. The van der Waals surface area contributed by atoms with Gasteiger partial charge in [-0.2, -0.15) is 0 Å². The minimum Gasteiger partial charge on any atom is -0.481 e. The molecule has 0 bridgehead atoms. The maximum atomic E-state index is 12.4. The van der Waals surface area contributed by atoms with Crippen LogP contribution in [0.3, 0.4) is 0 Å². The largest absolute Gasteiger partial charge is 0.481 e. The number of carboxylic acid groups (broad SMARTS) is 1. The smallest absolute Gasteiger partial charge is 0.409 e. The van der Waals surface area contributed by atoms with E-state index in [0.29, 0.717) is 44.7 Å². The van der Waals surface area contributed by atoms with Gasteiger partial charge >= 0.3 is 12.1 Å². The van der Waals surface area contributed by atoms with Crippen molar-refractivity contribution in [1.29, 1.82) is 0 Å². The summed E-state index contributed by atoms with van der Waals surface area (Å²) in [4.78, 5) is 29.9. The van der Waals surface area contributed by atoms with E-state index in [1.165, 1.54) is 5.56 Å². The van der Waals surface area contributed by atoms with Crippen LogP contribution in [0.2, 0.25) is 0 Å². The minimum absolute atomic E-state index is 0.120. The number of aliphatic carboxylic acids is 1. The zero-order valence-electron chi connectivity index (χ0n) is 17.9. The van der Waals surface area contributed by atoms with Gasteiger partial charge in [0.05, 0.1) is 18.2 Å². The van der Waals surface area contributed by atoms with Gasteiger partial charge in [0, 0.05) is 25.1 Å². The number of piperidine rings is 1. The number of nitrogens with zero attached hydrogens (tertiary/aromatic N) is 2. The summed E-state index contributed by atoms with van der Waals surface area (Å²) >= 11 is 0. The van der Waals surface area contributed by atoms with Gasteiger partial charge in [-0.1, -0.05) is 24.6 Å². The van der Waals surface area contributed by atoms with Crippen LogP contribution in [0.4, 0.5) is 4.79 Å². The molecule has 7 nitrogen and oxygen atoms in total. The molecular formula is C23H30N2O5. The molecular weight excluding hydrogens is 384 g/mol. The molecule has 1 N–H and O–H groups in total. The lowest BCUT2D eigenvalue weighted by molar-refractivity contribution is -0.144. The molecule has 1 aliphatic heterocycles. The number of ether oxygens (including phenoxy) is 1. The molecule has 2 aromatic rings. The van der Waals surface area contributed by atoms with Crippen molar-refractivity contribution in [3.05, 3.63) is 41.3 Å². The number of carbonyl (C=O) groups excluding carboxylic acids is 1. The summed E-state index contributed by atoms with van der Waals surface area (Å²) in [5, 5.41) is 9.32. The Morgan fingerprint density at radius 1 is 1.23 bits per heavy atom. The predicted octanol–water partition coefficient (Wildman–Crippen LogP) is 4.46. The summed E-state index contributed by atoms with van der Waals surface area (Å²) in [6.45, 7) is 7.09. The van der Waals surface area contributed by atoms with Gasteiger partial charge < -0.3 is 19.2 Å². The van der Waals surface area contributed by atoms with Crippen molar-refractivity contribution in [3.63, 3.8) is 0 Å². The van der Waals surface area contributed by atoms with Crippen molar-refractivity contribution in [1.82, 2.24) is 9.88 Å². The number of hydrogen-bond acceptors (Lipinski definition) is 5. The SMILES string of the molecule is CCC(C(=O)O)C1CCN(C(=O)OCCc2nc(-c3ccc(C)cc3)oc2C)CC1. The van der Waals surface area contributed by atoms with Crippen molar-refractivity contribution < 1.29 is 23.8 Å². The van der Waals surface area contributed by atoms with E-state index in [4.69, 9.17) is 9.15 Å². The highest BCUT2D eigenvalue weighted by molar-refractivity contribution is 5.70. The molecule has 3 rings (SSSR count). The number of carbonyl (C=O) groups is 2. The maximum absolute atomic E-state index is 12.4. The second-order valence-corrected chi connectivity index (χ2v) is 7.93. The van der Waals surface area contributed by atoms with E-state index in [2.05, 4.69) is 4.98 Å². The molecule has 1 aromatic carbocycles. The van der Waals surface area contributed by atoms with Crippen molar-refractivity contribution >= 4 is 12.1 Å². The van der Waals surface area contributed by atoms with E-state index in [0.717, 1.165) is 17.0 Å². The van der Waals surface area contributed by atoms with E-state index < -0.39 is 5.97 Å². The minimum atomic E-state index is -0.744. The zero-order chi connectivity index (χ0) is 21.7. The summed E-state index contributed by atoms with van der Waals surface area (Å²) in [6, 6.07) is 7.97. The van der Waals surface area contributed by atoms with Gasteiger partial charge in [-0.05, 0) is 51.2 Å². The number of rotatable bonds is 7. The van der Waals surface area contributed by atoms with Gasteiger partial charge in [0.15, 0.2) is 0 Å². The average molecular weight is 415 g/mol. The molecule has 1 unspecified atom stereocenters. The first-order valence-corrected chi connectivity index (χ1v) is 10.6. The Hall–Kier alpha value is -2.83. The van der Waals surface area contributed by atoms with Crippen LogP contribution in [-0.4, -0.2) is 46.7 Å². The van der Waals surface area contributed by atoms with Crippen LogP contribution >= 0.6 is 0 Å². The Labute approximate surface area is 177 Å². The maximum Gasteiger partial charge on any atom is 0.409 e. The number of benzene rings is 1. The average Bonchev–Trinajstić information content (AvgIpc) is 3.10. The standard InChI is InChI=1S/C23H30N2O5/c1-4-19(22(26)27)17-9-12-25(13-10-17)23(28)29-14-11-20-16(3)30-21(24-20)18-7-5-15(2)6-8-18/h5-8,17,19H,4,9-14H2,1-3H3,(H,26,27). The molecule has 0 radical (unpaired) electrons. The molecule has 162 valence electrons. The van der Waals surface area contributed by atoms with Gasteiger partial charge in [-0.25, -0.2) is 9.78 Å². The molecule has 1 fully saturated rings. The number of oxazole rings is 1. The first-order chi connectivity index (χ1) is 14.4. The van der Waals surface area contributed by atoms with Gasteiger partial charge in [-0.3, -0.25) is 4.79 Å². The van der Waals surface area contributed by atoms with Gasteiger partial charge in [0.25, 0.3) is 0 Å². The van der Waals surface area contributed by atoms with Crippen molar-refractivity contribution in [3.8, 4) is 11.5 Å².